The summed E-state index contributed by atoms with van der Waals surface area (Å²) in [6.45, 7) is 8.93. The molecule has 2 amide bonds. The smallest absolute Gasteiger partial charge is 0.255 e. The molecule has 1 N–H and O–H groups in total. The Hall–Kier alpha value is -4.13. The molecule has 36 heavy (non-hydrogen) atoms. The van der Waals surface area contributed by atoms with Crippen molar-refractivity contribution in [1.29, 1.82) is 0 Å². The van der Waals surface area contributed by atoms with Crippen LogP contribution in [0.4, 0.5) is 21.5 Å². The number of allylic oxidation sites excluding steroid dienone is 1. The van der Waals surface area contributed by atoms with Gasteiger partial charge in [0.1, 0.15) is 5.82 Å². The SMILES string of the molecule is C/C=C(/OC)N(c1ccc(F)cc1)c1cc(C(=O)Nc2ccc(C(=O)N(CC)CC)cc2)ccc1C. The number of hydrogen-bond donors (Lipinski definition) is 1. The van der Waals surface area contributed by atoms with Crippen LogP contribution in [-0.2, 0) is 4.74 Å². The lowest BCUT2D eigenvalue weighted by atomic mass is 10.1. The van der Waals surface area contributed by atoms with Crippen LogP contribution >= 0.6 is 0 Å². The van der Waals surface area contributed by atoms with Crippen molar-refractivity contribution in [3.63, 3.8) is 0 Å². The minimum absolute atomic E-state index is 0.0418. The molecule has 0 fully saturated rings. The second-order valence-corrected chi connectivity index (χ2v) is 8.15. The van der Waals surface area contributed by atoms with Gasteiger partial charge < -0.3 is 15.0 Å². The van der Waals surface area contributed by atoms with Crippen molar-refractivity contribution >= 4 is 28.9 Å². The summed E-state index contributed by atoms with van der Waals surface area (Å²) < 4.78 is 19.2. The van der Waals surface area contributed by atoms with E-state index in [0.717, 1.165) is 11.3 Å². The van der Waals surface area contributed by atoms with Crippen LogP contribution in [0.3, 0.4) is 0 Å². The highest BCUT2D eigenvalue weighted by atomic mass is 19.1. The van der Waals surface area contributed by atoms with E-state index in [4.69, 9.17) is 4.74 Å². The van der Waals surface area contributed by atoms with E-state index in [-0.39, 0.29) is 17.6 Å². The van der Waals surface area contributed by atoms with Crippen LogP contribution < -0.4 is 10.2 Å². The van der Waals surface area contributed by atoms with Gasteiger partial charge in [0.15, 0.2) is 5.88 Å². The van der Waals surface area contributed by atoms with Gasteiger partial charge in [-0.2, -0.15) is 0 Å². The molecule has 0 aromatic heterocycles. The third kappa shape index (κ3) is 5.92. The summed E-state index contributed by atoms with van der Waals surface area (Å²) in [5, 5.41) is 2.89. The molecule has 0 bridgehead atoms. The van der Waals surface area contributed by atoms with Crippen molar-refractivity contribution in [2.45, 2.75) is 27.7 Å². The van der Waals surface area contributed by atoms with Crippen LogP contribution in [0.25, 0.3) is 0 Å². The molecule has 0 saturated carbocycles. The maximum atomic E-state index is 13.6. The predicted octanol–water partition coefficient (Wildman–Crippen LogP) is 6.51. The Balaban J connectivity index is 1.89. The number of amides is 2. The normalized spacial score (nSPS) is 11.1. The number of aryl methyl sites for hydroxylation is 1. The molecular formula is C29H32FN3O3. The predicted molar refractivity (Wildman–Crippen MR) is 142 cm³/mol. The molecule has 3 rings (SSSR count). The van der Waals surface area contributed by atoms with Gasteiger partial charge in [0.05, 0.1) is 12.8 Å². The maximum absolute atomic E-state index is 13.6. The lowest BCUT2D eigenvalue weighted by Crippen LogP contribution is -2.30. The first-order chi connectivity index (χ1) is 17.3. The fourth-order valence-corrected chi connectivity index (χ4v) is 3.90. The van der Waals surface area contributed by atoms with Crippen LogP contribution in [0, 0.1) is 12.7 Å². The van der Waals surface area contributed by atoms with Gasteiger partial charge in [0.2, 0.25) is 0 Å². The molecule has 6 nitrogen and oxygen atoms in total. The van der Waals surface area contributed by atoms with E-state index in [1.165, 1.54) is 12.1 Å². The third-order valence-corrected chi connectivity index (χ3v) is 5.91. The molecule has 0 unspecified atom stereocenters. The number of ether oxygens (including phenoxy) is 1. The number of rotatable bonds is 9. The monoisotopic (exact) mass is 489 g/mol. The molecule has 0 spiro atoms. The van der Waals surface area contributed by atoms with E-state index in [9.17, 15) is 14.0 Å². The maximum Gasteiger partial charge on any atom is 0.255 e. The number of carbonyl (C=O) groups is 2. The number of benzene rings is 3. The van der Waals surface area contributed by atoms with Crippen molar-refractivity contribution in [2.75, 3.05) is 30.4 Å². The van der Waals surface area contributed by atoms with Gasteiger partial charge >= 0.3 is 0 Å². The quantitative estimate of drug-likeness (QED) is 0.348. The zero-order valence-corrected chi connectivity index (χ0v) is 21.3. The molecule has 0 radical (unpaired) electrons. The summed E-state index contributed by atoms with van der Waals surface area (Å²) in [6, 6.07) is 18.3. The molecule has 0 heterocycles. The number of methoxy groups -OCH3 is 1. The van der Waals surface area contributed by atoms with Gasteiger partial charge in [0, 0.05) is 35.6 Å². The summed E-state index contributed by atoms with van der Waals surface area (Å²) in [6.07, 6.45) is 1.80. The van der Waals surface area contributed by atoms with Crippen LogP contribution in [0.15, 0.2) is 78.7 Å². The van der Waals surface area contributed by atoms with Crippen molar-refractivity contribution in [3.05, 3.63) is 101 Å². The Morgan fingerprint density at radius 1 is 0.944 bits per heavy atom. The van der Waals surface area contributed by atoms with E-state index in [0.29, 0.717) is 41.5 Å². The first-order valence-corrected chi connectivity index (χ1v) is 11.9. The van der Waals surface area contributed by atoms with Crippen molar-refractivity contribution in [1.82, 2.24) is 4.90 Å². The lowest BCUT2D eigenvalue weighted by molar-refractivity contribution is 0.0773. The van der Waals surface area contributed by atoms with E-state index >= 15 is 0 Å². The van der Waals surface area contributed by atoms with E-state index in [1.807, 2.05) is 38.7 Å². The van der Waals surface area contributed by atoms with Crippen LogP contribution in [0.2, 0.25) is 0 Å². The Morgan fingerprint density at radius 3 is 2.11 bits per heavy atom. The molecule has 0 atom stereocenters. The average molecular weight is 490 g/mol. The summed E-state index contributed by atoms with van der Waals surface area (Å²) in [5.74, 6) is -0.138. The van der Waals surface area contributed by atoms with Gasteiger partial charge in [-0.15, -0.1) is 0 Å². The second kappa shape index (κ2) is 12.0. The first kappa shape index (κ1) is 26.5. The highest BCUT2D eigenvalue weighted by Crippen LogP contribution is 2.33. The molecule has 0 saturated heterocycles. The molecule has 188 valence electrons. The van der Waals surface area contributed by atoms with Gasteiger partial charge in [-0.05, 0) is 100.0 Å². The Bertz CT molecular complexity index is 1230. The largest absolute Gasteiger partial charge is 0.482 e. The molecule has 3 aromatic rings. The summed E-state index contributed by atoms with van der Waals surface area (Å²) in [5.41, 5.74) is 3.93. The zero-order valence-electron chi connectivity index (χ0n) is 21.3. The average Bonchev–Trinajstić information content (AvgIpc) is 2.89. The topological polar surface area (TPSA) is 61.9 Å². The molecule has 0 aliphatic carbocycles. The minimum atomic E-state index is -0.340. The Kier molecular flexibility index (Phi) is 8.84. The van der Waals surface area contributed by atoms with Crippen molar-refractivity contribution in [3.8, 4) is 0 Å². The van der Waals surface area contributed by atoms with E-state index in [1.54, 1.807) is 66.6 Å². The molecule has 7 heteroatoms. The highest BCUT2D eigenvalue weighted by molar-refractivity contribution is 6.05. The van der Waals surface area contributed by atoms with Gasteiger partial charge in [0.25, 0.3) is 11.8 Å². The highest BCUT2D eigenvalue weighted by Gasteiger charge is 2.19. The Labute approximate surface area is 212 Å². The summed E-state index contributed by atoms with van der Waals surface area (Å²) in [7, 11) is 1.56. The second-order valence-electron chi connectivity index (χ2n) is 8.15. The van der Waals surface area contributed by atoms with Gasteiger partial charge in [-0.1, -0.05) is 6.07 Å². The summed E-state index contributed by atoms with van der Waals surface area (Å²) in [4.78, 5) is 29.2. The van der Waals surface area contributed by atoms with E-state index < -0.39 is 0 Å². The van der Waals surface area contributed by atoms with Crippen molar-refractivity contribution < 1.29 is 18.7 Å². The molecular weight excluding hydrogens is 457 g/mol. The number of hydrogen-bond acceptors (Lipinski definition) is 4. The number of halogens is 1. The Morgan fingerprint density at radius 2 is 1.56 bits per heavy atom. The fraction of sp³-hybridized carbons (Fsp3) is 0.241. The lowest BCUT2D eigenvalue weighted by Gasteiger charge is -2.28. The number of carbonyl (C=O) groups excluding carboxylic acids is 2. The first-order valence-electron chi connectivity index (χ1n) is 11.9. The van der Waals surface area contributed by atoms with Crippen LogP contribution in [0.1, 0.15) is 47.1 Å². The fourth-order valence-electron chi connectivity index (χ4n) is 3.90. The number of nitrogens with one attached hydrogen (secondary N) is 1. The minimum Gasteiger partial charge on any atom is -0.482 e. The summed E-state index contributed by atoms with van der Waals surface area (Å²) >= 11 is 0. The number of anilines is 3. The molecule has 0 aliphatic heterocycles. The van der Waals surface area contributed by atoms with Gasteiger partial charge in [-0.25, -0.2) is 4.39 Å². The van der Waals surface area contributed by atoms with Gasteiger partial charge in [-0.3, -0.25) is 14.5 Å². The molecule has 3 aromatic carbocycles. The number of nitrogens with zero attached hydrogens (tertiary/aromatic N) is 2. The standard InChI is InChI=1S/C29H32FN3O3/c1-6-27(36-5)33(25-17-13-23(30)14-18-25)26-19-22(10-9-20(26)4)28(34)31-24-15-11-21(12-16-24)29(35)32(7-2)8-3/h6,9-19H,7-8H2,1-5H3,(H,31,34)/b27-6+. The molecule has 0 aliphatic rings. The van der Waals surface area contributed by atoms with E-state index in [2.05, 4.69) is 5.32 Å². The van der Waals surface area contributed by atoms with Crippen molar-refractivity contribution in [2.24, 2.45) is 0 Å². The zero-order chi connectivity index (χ0) is 26.2. The third-order valence-electron chi connectivity index (χ3n) is 5.91. The van der Waals surface area contributed by atoms with Crippen LogP contribution in [0.5, 0.6) is 0 Å². The van der Waals surface area contributed by atoms with Crippen LogP contribution in [-0.4, -0.2) is 36.9 Å².